The van der Waals surface area contributed by atoms with E-state index in [1.165, 1.54) is 0 Å². The molecule has 0 saturated carbocycles. The fourth-order valence-electron chi connectivity index (χ4n) is 1.97. The zero-order chi connectivity index (χ0) is 14.4. The molecule has 0 spiro atoms. The molecule has 0 aromatic heterocycles. The van der Waals surface area contributed by atoms with E-state index in [0.717, 1.165) is 11.1 Å². The third-order valence-electron chi connectivity index (χ3n) is 2.80. The second-order valence-electron chi connectivity index (χ2n) is 4.57. The number of hydrogen-bond donors (Lipinski definition) is 1. The van der Waals surface area contributed by atoms with E-state index < -0.39 is 0 Å². The molecule has 0 aliphatic rings. The van der Waals surface area contributed by atoms with Crippen molar-refractivity contribution in [2.75, 3.05) is 12.5 Å². The first-order valence-electron chi connectivity index (χ1n) is 6.36. The topological polar surface area (TPSA) is 41.5 Å². The molecule has 0 heterocycles. The standard InChI is InChI=1S/C16H18N2OS/c1-20(2)18-16(19)17-15(13-9-5-3-6-10-13)14-11-7-4-8-12-14/h3-12,15H,1-2H3,(H,17,19). The van der Waals surface area contributed by atoms with Crippen LogP contribution in [0.25, 0.3) is 0 Å². The van der Waals surface area contributed by atoms with Crippen LogP contribution in [0.15, 0.2) is 65.0 Å². The van der Waals surface area contributed by atoms with Crippen molar-refractivity contribution in [1.29, 1.82) is 0 Å². The number of carbonyl (C=O) groups is 1. The van der Waals surface area contributed by atoms with Crippen LogP contribution in [0.3, 0.4) is 0 Å². The summed E-state index contributed by atoms with van der Waals surface area (Å²) in [5.41, 5.74) is 2.10. The van der Waals surface area contributed by atoms with Crippen LogP contribution < -0.4 is 5.32 Å². The summed E-state index contributed by atoms with van der Waals surface area (Å²) in [4.78, 5) is 11.9. The van der Waals surface area contributed by atoms with Gasteiger partial charge in [-0.25, -0.2) is 4.79 Å². The summed E-state index contributed by atoms with van der Waals surface area (Å²) in [7, 11) is -0.262. The molecule has 2 aromatic carbocycles. The molecule has 0 atom stereocenters. The van der Waals surface area contributed by atoms with Crippen molar-refractivity contribution in [3.63, 3.8) is 0 Å². The van der Waals surface area contributed by atoms with Gasteiger partial charge in [-0.05, 0) is 23.6 Å². The van der Waals surface area contributed by atoms with Crippen LogP contribution in [-0.4, -0.2) is 18.5 Å². The zero-order valence-corrected chi connectivity index (χ0v) is 12.4. The molecule has 3 nitrogen and oxygen atoms in total. The highest BCUT2D eigenvalue weighted by Gasteiger charge is 2.15. The summed E-state index contributed by atoms with van der Waals surface area (Å²) in [6.45, 7) is 0. The summed E-state index contributed by atoms with van der Waals surface area (Å²) in [6.07, 6.45) is 3.83. The number of hydrogen-bond acceptors (Lipinski definition) is 1. The average Bonchev–Trinajstić information content (AvgIpc) is 2.46. The first-order chi connectivity index (χ1) is 9.66. The number of urea groups is 1. The van der Waals surface area contributed by atoms with Gasteiger partial charge in [0.25, 0.3) is 0 Å². The van der Waals surface area contributed by atoms with Gasteiger partial charge in [0.1, 0.15) is 0 Å². The lowest BCUT2D eigenvalue weighted by Crippen LogP contribution is -2.27. The van der Waals surface area contributed by atoms with Gasteiger partial charge in [0.05, 0.1) is 6.04 Å². The normalized spacial score (nSPS) is 10.6. The molecule has 1 N–H and O–H groups in total. The molecule has 104 valence electrons. The van der Waals surface area contributed by atoms with Crippen LogP contribution in [0.5, 0.6) is 0 Å². The second-order valence-corrected chi connectivity index (χ2v) is 6.30. The van der Waals surface area contributed by atoms with E-state index in [-0.39, 0.29) is 22.8 Å². The summed E-state index contributed by atoms with van der Waals surface area (Å²) in [5, 5.41) is 2.98. The molecule has 0 aliphatic carbocycles. The van der Waals surface area contributed by atoms with Crippen LogP contribution in [0.1, 0.15) is 17.2 Å². The Morgan fingerprint density at radius 1 is 0.950 bits per heavy atom. The van der Waals surface area contributed by atoms with Crippen molar-refractivity contribution in [3.8, 4) is 0 Å². The number of carbonyl (C=O) groups excluding carboxylic acids is 1. The fraction of sp³-hybridized carbons (Fsp3) is 0.188. The second kappa shape index (κ2) is 7.01. The molecule has 0 aliphatic heterocycles. The third-order valence-corrected chi connectivity index (χ3v) is 3.33. The third kappa shape index (κ3) is 4.03. The van der Waals surface area contributed by atoms with E-state index in [1.54, 1.807) is 0 Å². The highest BCUT2D eigenvalue weighted by Crippen LogP contribution is 2.21. The lowest BCUT2D eigenvalue weighted by molar-refractivity contribution is 0.247. The molecule has 2 aromatic rings. The highest BCUT2D eigenvalue weighted by atomic mass is 32.2. The van der Waals surface area contributed by atoms with E-state index in [9.17, 15) is 4.79 Å². The lowest BCUT2D eigenvalue weighted by Gasteiger charge is -2.18. The van der Waals surface area contributed by atoms with E-state index in [0.29, 0.717) is 0 Å². The van der Waals surface area contributed by atoms with Gasteiger partial charge in [-0.3, -0.25) is 0 Å². The van der Waals surface area contributed by atoms with Crippen LogP contribution in [0.2, 0.25) is 0 Å². The van der Waals surface area contributed by atoms with Gasteiger partial charge < -0.3 is 5.32 Å². The number of benzene rings is 2. The first-order valence-corrected chi connectivity index (χ1v) is 8.36. The van der Waals surface area contributed by atoms with Crippen molar-refractivity contribution < 1.29 is 4.79 Å². The molecule has 0 saturated heterocycles. The quantitative estimate of drug-likeness (QED) is 0.921. The first kappa shape index (κ1) is 14.5. The van der Waals surface area contributed by atoms with Gasteiger partial charge in [0.2, 0.25) is 0 Å². The van der Waals surface area contributed by atoms with Crippen molar-refractivity contribution in [2.24, 2.45) is 4.36 Å². The van der Waals surface area contributed by atoms with Crippen LogP contribution in [-0.2, 0) is 10.7 Å². The SMILES string of the molecule is CS(C)=NC(=O)NC(c1ccccc1)c1ccccc1. The number of amides is 2. The Morgan fingerprint density at radius 2 is 1.40 bits per heavy atom. The Morgan fingerprint density at radius 3 is 1.80 bits per heavy atom. The molecule has 2 rings (SSSR count). The van der Waals surface area contributed by atoms with Gasteiger partial charge >= 0.3 is 6.03 Å². The molecular formula is C16H18N2OS. The maximum Gasteiger partial charge on any atom is 0.347 e. The van der Waals surface area contributed by atoms with Gasteiger partial charge in [-0.2, -0.15) is 4.36 Å². The summed E-state index contributed by atoms with van der Waals surface area (Å²) in [6, 6.07) is 19.4. The van der Waals surface area contributed by atoms with E-state index >= 15 is 0 Å². The maximum absolute atomic E-state index is 11.9. The molecule has 0 unspecified atom stereocenters. The summed E-state index contributed by atoms with van der Waals surface area (Å²) >= 11 is 0. The Bertz CT molecular complexity index is 553. The van der Waals surface area contributed by atoms with E-state index in [2.05, 4.69) is 9.68 Å². The Balaban J connectivity index is 2.31. The minimum Gasteiger partial charge on any atom is -0.325 e. The smallest absolute Gasteiger partial charge is 0.325 e. The predicted molar refractivity (Wildman–Crippen MR) is 84.9 cm³/mol. The molecule has 0 radical (unpaired) electrons. The van der Waals surface area contributed by atoms with Gasteiger partial charge in [0, 0.05) is 0 Å². The Labute approximate surface area is 122 Å². The molecule has 0 bridgehead atoms. The molecule has 20 heavy (non-hydrogen) atoms. The fourth-order valence-corrected chi connectivity index (χ4v) is 2.35. The maximum atomic E-state index is 11.9. The van der Waals surface area contributed by atoms with Gasteiger partial charge in [-0.1, -0.05) is 71.4 Å². The van der Waals surface area contributed by atoms with Crippen molar-refractivity contribution in [2.45, 2.75) is 6.04 Å². The number of nitrogens with zero attached hydrogens (tertiary/aromatic N) is 1. The van der Waals surface area contributed by atoms with E-state index in [1.807, 2.05) is 73.2 Å². The predicted octanol–water partition coefficient (Wildman–Crippen LogP) is 3.55. The molecular weight excluding hydrogens is 268 g/mol. The van der Waals surface area contributed by atoms with Gasteiger partial charge in [-0.15, -0.1) is 0 Å². The van der Waals surface area contributed by atoms with Gasteiger partial charge in [0.15, 0.2) is 0 Å². The average molecular weight is 286 g/mol. The number of rotatable bonds is 3. The number of nitrogens with one attached hydrogen (secondary N) is 1. The zero-order valence-electron chi connectivity index (χ0n) is 11.6. The molecule has 4 heteroatoms. The van der Waals surface area contributed by atoms with Crippen molar-refractivity contribution in [1.82, 2.24) is 5.32 Å². The Kier molecular flexibility index (Phi) is 5.07. The highest BCUT2D eigenvalue weighted by molar-refractivity contribution is 7.86. The minimum absolute atomic E-state index is 0.169. The van der Waals surface area contributed by atoms with Crippen LogP contribution >= 0.6 is 0 Å². The summed E-state index contributed by atoms with van der Waals surface area (Å²) in [5.74, 6) is 0. The van der Waals surface area contributed by atoms with Crippen molar-refractivity contribution >= 4 is 16.7 Å². The molecule has 0 fully saturated rings. The van der Waals surface area contributed by atoms with Crippen molar-refractivity contribution in [3.05, 3.63) is 71.8 Å². The lowest BCUT2D eigenvalue weighted by atomic mass is 9.99. The monoisotopic (exact) mass is 286 g/mol. The molecule has 2 amide bonds. The van der Waals surface area contributed by atoms with Crippen LogP contribution in [0, 0.1) is 0 Å². The minimum atomic E-state index is -0.268. The largest absolute Gasteiger partial charge is 0.347 e. The van der Waals surface area contributed by atoms with E-state index in [4.69, 9.17) is 0 Å². The van der Waals surface area contributed by atoms with Crippen LogP contribution in [0.4, 0.5) is 4.79 Å². The summed E-state index contributed by atoms with van der Waals surface area (Å²) < 4.78 is 4.05. The Hall–Kier alpha value is -1.94.